The minimum atomic E-state index is -0.463. The molecule has 0 saturated carbocycles. The summed E-state index contributed by atoms with van der Waals surface area (Å²) in [5.74, 6) is 0.359. The van der Waals surface area contributed by atoms with Gasteiger partial charge in [0.15, 0.2) is 0 Å². The van der Waals surface area contributed by atoms with Crippen molar-refractivity contribution in [1.82, 2.24) is 4.98 Å². The SMILES string of the molecule is N#Cc1cc(F)ccc1Oc1cccnc1. The van der Waals surface area contributed by atoms with Crippen LogP contribution in [0, 0.1) is 17.1 Å². The van der Waals surface area contributed by atoms with Gasteiger partial charge >= 0.3 is 0 Å². The fourth-order valence-corrected chi connectivity index (χ4v) is 1.21. The number of hydrogen-bond acceptors (Lipinski definition) is 3. The Morgan fingerprint density at radius 1 is 1.31 bits per heavy atom. The number of benzene rings is 1. The van der Waals surface area contributed by atoms with E-state index in [9.17, 15) is 4.39 Å². The summed E-state index contributed by atoms with van der Waals surface area (Å²) >= 11 is 0. The Balaban J connectivity index is 2.32. The zero-order chi connectivity index (χ0) is 11.4. The van der Waals surface area contributed by atoms with E-state index in [4.69, 9.17) is 10.00 Å². The first kappa shape index (κ1) is 10.1. The van der Waals surface area contributed by atoms with Crippen LogP contribution in [-0.4, -0.2) is 4.98 Å². The predicted octanol–water partition coefficient (Wildman–Crippen LogP) is 2.88. The summed E-state index contributed by atoms with van der Waals surface area (Å²) in [5, 5.41) is 8.81. The van der Waals surface area contributed by atoms with Gasteiger partial charge in [0.25, 0.3) is 0 Å². The highest BCUT2D eigenvalue weighted by atomic mass is 19.1. The van der Waals surface area contributed by atoms with Gasteiger partial charge in [-0.05, 0) is 30.3 Å². The fourth-order valence-electron chi connectivity index (χ4n) is 1.21. The normalized spacial score (nSPS) is 9.50. The lowest BCUT2D eigenvalue weighted by Gasteiger charge is -2.06. The summed E-state index contributed by atoms with van der Waals surface area (Å²) in [6, 6.07) is 9.08. The fraction of sp³-hybridized carbons (Fsp3) is 0. The number of rotatable bonds is 2. The zero-order valence-electron chi connectivity index (χ0n) is 8.22. The Morgan fingerprint density at radius 3 is 2.88 bits per heavy atom. The molecule has 0 bridgehead atoms. The van der Waals surface area contributed by atoms with Crippen LogP contribution >= 0.6 is 0 Å². The zero-order valence-corrected chi connectivity index (χ0v) is 8.22. The van der Waals surface area contributed by atoms with Gasteiger partial charge in [0.2, 0.25) is 0 Å². The third kappa shape index (κ3) is 2.15. The smallest absolute Gasteiger partial charge is 0.145 e. The van der Waals surface area contributed by atoms with Crippen LogP contribution in [0.3, 0.4) is 0 Å². The van der Waals surface area contributed by atoms with Crippen LogP contribution in [0.2, 0.25) is 0 Å². The molecule has 0 aliphatic heterocycles. The third-order valence-corrected chi connectivity index (χ3v) is 1.92. The van der Waals surface area contributed by atoms with E-state index in [1.165, 1.54) is 18.3 Å². The number of nitriles is 1. The van der Waals surface area contributed by atoms with E-state index in [-0.39, 0.29) is 5.56 Å². The highest BCUT2D eigenvalue weighted by Crippen LogP contribution is 2.24. The molecule has 1 heterocycles. The molecule has 0 amide bonds. The largest absolute Gasteiger partial charge is 0.454 e. The summed E-state index contributed by atoms with van der Waals surface area (Å²) in [6.45, 7) is 0. The standard InChI is InChI=1S/C12H7FN2O/c13-10-3-4-12(9(6-10)7-14)16-11-2-1-5-15-8-11/h1-6,8H. The highest BCUT2D eigenvalue weighted by molar-refractivity contribution is 5.45. The Morgan fingerprint density at radius 2 is 2.19 bits per heavy atom. The van der Waals surface area contributed by atoms with Gasteiger partial charge in [-0.25, -0.2) is 4.39 Å². The summed E-state index contributed by atoms with van der Waals surface area (Å²) in [7, 11) is 0. The van der Waals surface area contributed by atoms with Crippen molar-refractivity contribution in [3.8, 4) is 17.6 Å². The summed E-state index contributed by atoms with van der Waals surface area (Å²) in [4.78, 5) is 3.87. The van der Waals surface area contributed by atoms with Gasteiger partial charge in [-0.3, -0.25) is 4.98 Å². The maximum Gasteiger partial charge on any atom is 0.145 e. The molecule has 0 radical (unpaired) electrons. The molecule has 0 aliphatic carbocycles. The van der Waals surface area contributed by atoms with Crippen LogP contribution in [0.25, 0.3) is 0 Å². The molecular weight excluding hydrogens is 207 g/mol. The van der Waals surface area contributed by atoms with Crippen molar-refractivity contribution >= 4 is 0 Å². The molecule has 1 aromatic heterocycles. The molecular formula is C12H7FN2O. The molecule has 2 aromatic rings. The van der Waals surface area contributed by atoms with Crippen LogP contribution in [0.1, 0.15) is 5.56 Å². The van der Waals surface area contributed by atoms with E-state index in [0.717, 1.165) is 6.07 Å². The van der Waals surface area contributed by atoms with Crippen LogP contribution in [0.5, 0.6) is 11.5 Å². The molecule has 0 atom stereocenters. The van der Waals surface area contributed by atoms with E-state index < -0.39 is 5.82 Å². The van der Waals surface area contributed by atoms with Gasteiger partial charge in [-0.2, -0.15) is 5.26 Å². The summed E-state index contributed by atoms with van der Waals surface area (Å²) < 4.78 is 18.3. The molecule has 1 aromatic carbocycles. The van der Waals surface area contributed by atoms with Crippen molar-refractivity contribution in [3.63, 3.8) is 0 Å². The van der Waals surface area contributed by atoms with E-state index >= 15 is 0 Å². The van der Waals surface area contributed by atoms with Crippen LogP contribution in [0.4, 0.5) is 4.39 Å². The van der Waals surface area contributed by atoms with Crippen molar-refractivity contribution in [2.45, 2.75) is 0 Å². The molecule has 3 nitrogen and oxygen atoms in total. The van der Waals surface area contributed by atoms with Crippen molar-refractivity contribution in [2.24, 2.45) is 0 Å². The molecule has 4 heteroatoms. The first-order valence-electron chi connectivity index (χ1n) is 4.57. The number of halogens is 1. The van der Waals surface area contributed by atoms with Crippen LogP contribution in [-0.2, 0) is 0 Å². The Bertz CT molecular complexity index is 534. The topological polar surface area (TPSA) is 45.9 Å². The predicted molar refractivity (Wildman–Crippen MR) is 55.4 cm³/mol. The van der Waals surface area contributed by atoms with E-state index in [1.807, 2.05) is 6.07 Å². The molecule has 0 spiro atoms. The van der Waals surface area contributed by atoms with Gasteiger partial charge in [-0.15, -0.1) is 0 Å². The van der Waals surface area contributed by atoms with Crippen molar-refractivity contribution in [3.05, 3.63) is 54.1 Å². The maximum atomic E-state index is 12.9. The quantitative estimate of drug-likeness (QED) is 0.772. The van der Waals surface area contributed by atoms with Crippen LogP contribution in [0.15, 0.2) is 42.7 Å². The number of aromatic nitrogens is 1. The first-order chi connectivity index (χ1) is 7.79. The lowest BCUT2D eigenvalue weighted by atomic mass is 10.2. The first-order valence-corrected chi connectivity index (χ1v) is 4.57. The van der Waals surface area contributed by atoms with Crippen molar-refractivity contribution in [2.75, 3.05) is 0 Å². The molecule has 2 rings (SSSR count). The van der Waals surface area contributed by atoms with E-state index in [0.29, 0.717) is 11.5 Å². The number of nitrogens with zero attached hydrogens (tertiary/aromatic N) is 2. The average Bonchev–Trinajstić information content (AvgIpc) is 2.33. The second kappa shape index (κ2) is 4.41. The number of hydrogen-bond donors (Lipinski definition) is 0. The number of pyridine rings is 1. The monoisotopic (exact) mass is 214 g/mol. The molecule has 78 valence electrons. The molecule has 0 saturated heterocycles. The van der Waals surface area contributed by atoms with Gasteiger partial charge < -0.3 is 4.74 Å². The van der Waals surface area contributed by atoms with Crippen LogP contribution < -0.4 is 4.74 Å². The Kier molecular flexibility index (Phi) is 2.79. The van der Waals surface area contributed by atoms with Crippen molar-refractivity contribution < 1.29 is 9.13 Å². The van der Waals surface area contributed by atoms with E-state index in [2.05, 4.69) is 4.98 Å². The lowest BCUT2D eigenvalue weighted by Crippen LogP contribution is -1.89. The average molecular weight is 214 g/mol. The van der Waals surface area contributed by atoms with Gasteiger partial charge in [0.1, 0.15) is 23.4 Å². The molecule has 16 heavy (non-hydrogen) atoms. The Labute approximate surface area is 91.7 Å². The summed E-state index contributed by atoms with van der Waals surface area (Å²) in [5.41, 5.74) is 0.156. The van der Waals surface area contributed by atoms with Gasteiger partial charge in [0, 0.05) is 6.20 Å². The van der Waals surface area contributed by atoms with Gasteiger partial charge in [0.05, 0.1) is 11.8 Å². The lowest BCUT2D eigenvalue weighted by molar-refractivity contribution is 0.476. The second-order valence-electron chi connectivity index (χ2n) is 3.04. The molecule has 0 N–H and O–H groups in total. The Hall–Kier alpha value is -2.41. The number of ether oxygens (including phenoxy) is 1. The van der Waals surface area contributed by atoms with E-state index in [1.54, 1.807) is 18.3 Å². The molecule has 0 fully saturated rings. The molecule has 0 unspecified atom stereocenters. The van der Waals surface area contributed by atoms with Gasteiger partial charge in [-0.1, -0.05) is 0 Å². The summed E-state index contributed by atoms with van der Waals surface area (Å²) in [6.07, 6.45) is 3.13. The second-order valence-corrected chi connectivity index (χ2v) is 3.04. The third-order valence-electron chi connectivity index (χ3n) is 1.92. The molecule has 0 aliphatic rings. The minimum absolute atomic E-state index is 0.156. The highest BCUT2D eigenvalue weighted by Gasteiger charge is 2.05. The minimum Gasteiger partial charge on any atom is -0.454 e. The maximum absolute atomic E-state index is 12.9. The van der Waals surface area contributed by atoms with Crippen molar-refractivity contribution in [1.29, 1.82) is 5.26 Å².